The fourth-order valence-corrected chi connectivity index (χ4v) is 12.0. The first kappa shape index (κ1) is 32.7. The SMILES string of the molecule is C1=CC2c3cccc(-c4cccc5c4sc4c(C6N=C(c7ccccc7)N=C(c7ccccc7)N6)cccc45)c3SC2C(n2c3ccccc3c3ccccc32)=C1. The third kappa shape index (κ3) is 5.14. The molecule has 2 aromatic heterocycles. The van der Waals surface area contributed by atoms with Crippen LogP contribution in [0.25, 0.3) is 58.8 Å². The number of nitrogens with one attached hydrogen (secondary N) is 1. The maximum absolute atomic E-state index is 5.26. The summed E-state index contributed by atoms with van der Waals surface area (Å²) < 4.78 is 5.06. The number of thiophene rings is 1. The van der Waals surface area contributed by atoms with Gasteiger partial charge in [-0.25, -0.2) is 9.98 Å². The molecular formula is C51H34N4S2. The average molecular weight is 767 g/mol. The smallest absolute Gasteiger partial charge is 0.159 e. The van der Waals surface area contributed by atoms with E-state index in [0.29, 0.717) is 0 Å². The molecule has 0 fully saturated rings. The topological polar surface area (TPSA) is 41.7 Å². The Labute approximate surface area is 338 Å². The minimum absolute atomic E-state index is 0.257. The van der Waals surface area contributed by atoms with Crippen molar-refractivity contribution in [1.82, 2.24) is 9.88 Å². The van der Waals surface area contributed by atoms with E-state index in [1.807, 2.05) is 47.4 Å². The molecule has 1 N–H and O–H groups in total. The average Bonchev–Trinajstić information content (AvgIpc) is 3.97. The number of fused-ring (bicyclic) bond motifs is 9. The van der Waals surface area contributed by atoms with Gasteiger partial charge in [0.1, 0.15) is 12.0 Å². The first-order valence-electron chi connectivity index (χ1n) is 19.4. The fourth-order valence-electron chi connectivity index (χ4n) is 9.08. The van der Waals surface area contributed by atoms with Gasteiger partial charge in [0.25, 0.3) is 0 Å². The predicted octanol–water partition coefficient (Wildman–Crippen LogP) is 13.0. The van der Waals surface area contributed by atoms with Crippen molar-refractivity contribution in [2.75, 3.05) is 0 Å². The van der Waals surface area contributed by atoms with Crippen molar-refractivity contribution < 1.29 is 0 Å². The second-order valence-corrected chi connectivity index (χ2v) is 17.0. The second kappa shape index (κ2) is 13.1. The molecule has 0 saturated carbocycles. The number of hydrogen-bond donors (Lipinski definition) is 1. The van der Waals surface area contributed by atoms with Crippen LogP contribution in [0.15, 0.2) is 197 Å². The summed E-state index contributed by atoms with van der Waals surface area (Å²) in [6, 6.07) is 58.8. The minimum Gasteiger partial charge on any atom is -0.344 e. The molecule has 2 aliphatic heterocycles. The van der Waals surface area contributed by atoms with Crippen LogP contribution < -0.4 is 5.32 Å². The minimum atomic E-state index is -0.300. The summed E-state index contributed by atoms with van der Waals surface area (Å²) in [4.78, 5) is 11.7. The van der Waals surface area contributed by atoms with Gasteiger partial charge < -0.3 is 9.88 Å². The number of rotatable bonds is 5. The van der Waals surface area contributed by atoms with E-state index in [2.05, 4.69) is 168 Å². The van der Waals surface area contributed by atoms with E-state index in [1.54, 1.807) is 0 Å². The molecule has 0 amide bonds. The number of thioether (sulfide) groups is 1. The van der Waals surface area contributed by atoms with Crippen molar-refractivity contribution in [2.24, 2.45) is 9.98 Å². The summed E-state index contributed by atoms with van der Waals surface area (Å²) in [5.41, 5.74) is 11.1. The van der Waals surface area contributed by atoms with Crippen molar-refractivity contribution in [3.8, 4) is 11.1 Å². The van der Waals surface area contributed by atoms with E-state index in [0.717, 1.165) is 28.4 Å². The van der Waals surface area contributed by atoms with Crippen LogP contribution in [-0.2, 0) is 0 Å². The van der Waals surface area contributed by atoms with E-state index >= 15 is 0 Å². The molecule has 0 spiro atoms. The summed E-state index contributed by atoms with van der Waals surface area (Å²) in [5.74, 6) is 1.85. The first-order valence-corrected chi connectivity index (χ1v) is 21.1. The highest BCUT2D eigenvalue weighted by molar-refractivity contribution is 8.00. The monoisotopic (exact) mass is 766 g/mol. The van der Waals surface area contributed by atoms with Crippen molar-refractivity contribution in [1.29, 1.82) is 0 Å². The van der Waals surface area contributed by atoms with E-state index in [4.69, 9.17) is 9.98 Å². The number of aromatic nitrogens is 1. The van der Waals surface area contributed by atoms with Crippen molar-refractivity contribution in [3.63, 3.8) is 0 Å². The molecule has 3 aliphatic rings. The van der Waals surface area contributed by atoms with Crippen LogP contribution >= 0.6 is 23.1 Å². The number of hydrogen-bond acceptors (Lipinski definition) is 5. The lowest BCUT2D eigenvalue weighted by Crippen LogP contribution is -2.33. The Hall–Kier alpha value is -6.47. The maximum atomic E-state index is 5.26. The Morgan fingerprint density at radius 3 is 1.93 bits per heavy atom. The zero-order valence-electron chi connectivity index (χ0n) is 30.7. The molecule has 4 nitrogen and oxygen atoms in total. The third-order valence-electron chi connectivity index (χ3n) is 11.7. The van der Waals surface area contributed by atoms with Crippen molar-refractivity contribution in [3.05, 3.63) is 204 Å². The van der Waals surface area contributed by atoms with E-state index < -0.39 is 0 Å². The van der Waals surface area contributed by atoms with Crippen LogP contribution in [0, 0.1) is 0 Å². The number of nitrogens with zero attached hydrogens (tertiary/aromatic N) is 3. The number of aliphatic imine (C=N–C) groups is 2. The predicted molar refractivity (Wildman–Crippen MR) is 242 cm³/mol. The van der Waals surface area contributed by atoms with Gasteiger partial charge in [0.15, 0.2) is 5.84 Å². The maximum Gasteiger partial charge on any atom is 0.159 e. The number of benzene rings is 7. The van der Waals surface area contributed by atoms with Gasteiger partial charge in [-0.2, -0.15) is 0 Å². The van der Waals surface area contributed by atoms with Crippen LogP contribution in [-0.4, -0.2) is 21.5 Å². The van der Waals surface area contributed by atoms with E-state index in [9.17, 15) is 0 Å². The van der Waals surface area contributed by atoms with Gasteiger partial charge in [-0.3, -0.25) is 0 Å². The molecule has 0 bridgehead atoms. The Morgan fingerprint density at radius 2 is 1.16 bits per heavy atom. The third-order valence-corrected chi connectivity index (χ3v) is 14.4. The highest BCUT2D eigenvalue weighted by Gasteiger charge is 2.38. The molecule has 1 aliphatic carbocycles. The quantitative estimate of drug-likeness (QED) is 0.190. The molecule has 3 atom stereocenters. The van der Waals surface area contributed by atoms with Gasteiger partial charge >= 0.3 is 0 Å². The zero-order chi connectivity index (χ0) is 37.5. The highest BCUT2D eigenvalue weighted by atomic mass is 32.2. The fraction of sp³-hybridized carbons (Fsp3) is 0.0588. The summed E-state index contributed by atoms with van der Waals surface area (Å²) >= 11 is 3.91. The van der Waals surface area contributed by atoms with E-state index in [-0.39, 0.29) is 17.3 Å². The molecule has 9 aromatic rings. The van der Waals surface area contributed by atoms with Gasteiger partial charge in [0.05, 0.1) is 16.3 Å². The standard InChI is InChI=1S/C51H34N4S2/c1-3-15-31(16-4-1)49-52-50(32-17-5-2-6-18-32)54-51(53-49)41-27-13-25-38-37-23-11-21-35(45(37)56-47(38)41)36-22-12-24-39-40-26-14-30-44(48(40)57-46(36)39)55-42-28-9-7-19-33(42)34-20-8-10-29-43(34)55/h1-30,40,48,51H,(H,52,53,54). The molecule has 3 unspecified atom stereocenters. The van der Waals surface area contributed by atoms with Gasteiger partial charge in [-0.15, -0.1) is 23.1 Å². The van der Waals surface area contributed by atoms with Crippen LogP contribution in [0.5, 0.6) is 0 Å². The molecular weight excluding hydrogens is 733 g/mol. The molecule has 12 rings (SSSR count). The summed E-state index contributed by atoms with van der Waals surface area (Å²) in [5, 5.41) is 9.10. The normalized spacial score (nSPS) is 18.7. The molecule has 57 heavy (non-hydrogen) atoms. The molecule has 0 radical (unpaired) electrons. The molecule has 0 saturated heterocycles. The highest BCUT2D eigenvalue weighted by Crippen LogP contribution is 2.56. The van der Waals surface area contributed by atoms with Crippen molar-refractivity contribution >= 4 is 82.4 Å². The molecule has 270 valence electrons. The lowest BCUT2D eigenvalue weighted by molar-refractivity contribution is 0.680. The number of para-hydroxylation sites is 2. The number of amidine groups is 2. The largest absolute Gasteiger partial charge is 0.344 e. The Bertz CT molecular complexity index is 3150. The molecule has 4 heterocycles. The number of allylic oxidation sites excluding steroid dienone is 3. The lowest BCUT2D eigenvalue weighted by Gasteiger charge is -2.25. The van der Waals surface area contributed by atoms with Gasteiger partial charge in [-0.1, -0.05) is 164 Å². The van der Waals surface area contributed by atoms with Gasteiger partial charge in [0, 0.05) is 69.7 Å². The van der Waals surface area contributed by atoms with Crippen LogP contribution in [0.4, 0.5) is 0 Å². The summed E-state index contributed by atoms with van der Waals surface area (Å²) in [7, 11) is 0. The zero-order valence-corrected chi connectivity index (χ0v) is 32.3. The summed E-state index contributed by atoms with van der Waals surface area (Å²) in [6.07, 6.45) is 6.72. The van der Waals surface area contributed by atoms with E-state index in [1.165, 1.54) is 69.3 Å². The van der Waals surface area contributed by atoms with Crippen LogP contribution in [0.2, 0.25) is 0 Å². The summed E-state index contributed by atoms with van der Waals surface area (Å²) in [6.45, 7) is 0. The van der Waals surface area contributed by atoms with Gasteiger partial charge in [0.2, 0.25) is 0 Å². The molecule has 6 heteroatoms. The van der Waals surface area contributed by atoms with Crippen LogP contribution in [0.1, 0.15) is 34.3 Å². The first-order chi connectivity index (χ1) is 28.3. The molecule has 7 aromatic carbocycles. The Balaban J connectivity index is 0.973. The van der Waals surface area contributed by atoms with Crippen molar-refractivity contribution in [2.45, 2.75) is 22.2 Å². The second-order valence-electron chi connectivity index (χ2n) is 14.8. The van der Waals surface area contributed by atoms with Crippen LogP contribution in [0.3, 0.4) is 0 Å². The lowest BCUT2D eigenvalue weighted by atomic mass is 9.88. The Morgan fingerprint density at radius 1 is 0.544 bits per heavy atom. The Kier molecular flexibility index (Phi) is 7.50. The van der Waals surface area contributed by atoms with Gasteiger partial charge in [-0.05, 0) is 29.3 Å².